The van der Waals surface area contributed by atoms with E-state index >= 15 is 0 Å². The summed E-state index contributed by atoms with van der Waals surface area (Å²) in [5, 5.41) is 0. The fourth-order valence-corrected chi connectivity index (χ4v) is 2.77. The number of likely N-dealkylation sites (N-methyl/N-ethyl adjacent to an activating group) is 1. The minimum absolute atomic E-state index is 0.0837. The quantitative estimate of drug-likeness (QED) is 0.895. The molecule has 20 heavy (non-hydrogen) atoms. The third-order valence-electron chi connectivity index (χ3n) is 4.05. The average Bonchev–Trinajstić information content (AvgIpc) is 2.47. The molecule has 2 rings (SSSR count). The number of benzene rings is 1. The van der Waals surface area contributed by atoms with Crippen molar-refractivity contribution in [1.82, 2.24) is 9.80 Å². The Morgan fingerprint density at radius 3 is 2.75 bits per heavy atom. The summed E-state index contributed by atoms with van der Waals surface area (Å²) in [5.74, 6) is 0.0837. The maximum Gasteiger partial charge on any atom is 0.239 e. The maximum atomic E-state index is 12.5. The molecule has 1 saturated heterocycles. The van der Waals surface area contributed by atoms with Gasteiger partial charge in [0.25, 0.3) is 0 Å². The highest BCUT2D eigenvalue weighted by Crippen LogP contribution is 2.15. The lowest BCUT2D eigenvalue weighted by Crippen LogP contribution is -2.52. The second-order valence-corrected chi connectivity index (χ2v) is 5.84. The van der Waals surface area contributed by atoms with Crippen LogP contribution >= 0.6 is 0 Å². The molecule has 1 aliphatic heterocycles. The van der Waals surface area contributed by atoms with Crippen LogP contribution in [0, 0.1) is 0 Å². The molecule has 1 amide bonds. The Labute approximate surface area is 121 Å². The first kappa shape index (κ1) is 15.0. The number of carbonyl (C=O) groups excluding carboxylic acids is 1. The predicted molar refractivity (Wildman–Crippen MR) is 81.4 cm³/mol. The van der Waals surface area contributed by atoms with Gasteiger partial charge < -0.3 is 15.5 Å². The topological polar surface area (TPSA) is 49.6 Å². The summed E-state index contributed by atoms with van der Waals surface area (Å²) in [4.78, 5) is 16.6. The molecule has 1 fully saturated rings. The molecule has 0 radical (unpaired) electrons. The Bertz CT molecular complexity index is 433. The van der Waals surface area contributed by atoms with E-state index in [0.717, 1.165) is 31.5 Å². The molecule has 0 saturated carbocycles. The lowest BCUT2D eigenvalue weighted by atomic mass is 10.0. The van der Waals surface area contributed by atoms with Crippen LogP contribution in [0.2, 0.25) is 0 Å². The molecule has 4 heteroatoms. The Hall–Kier alpha value is -1.39. The van der Waals surface area contributed by atoms with Gasteiger partial charge in [0.1, 0.15) is 0 Å². The van der Waals surface area contributed by atoms with E-state index in [4.69, 9.17) is 5.73 Å². The van der Waals surface area contributed by atoms with E-state index in [-0.39, 0.29) is 5.91 Å². The third kappa shape index (κ3) is 3.81. The predicted octanol–water partition coefficient (Wildman–Crippen LogP) is 1.11. The van der Waals surface area contributed by atoms with Crippen molar-refractivity contribution in [1.29, 1.82) is 0 Å². The van der Waals surface area contributed by atoms with Crippen LogP contribution in [0.1, 0.15) is 18.4 Å². The van der Waals surface area contributed by atoms with Crippen molar-refractivity contribution in [3.63, 3.8) is 0 Å². The summed E-state index contributed by atoms with van der Waals surface area (Å²) in [6.07, 6.45) is 2.83. The molecular formula is C16H25N3O. The maximum absolute atomic E-state index is 12.5. The van der Waals surface area contributed by atoms with Crippen LogP contribution in [0.15, 0.2) is 30.3 Å². The standard InChI is InChI=1S/C16H25N3O/c1-18(2)14-9-6-10-19(12-14)16(20)15(17)11-13-7-4-3-5-8-13/h3-5,7-8,14-15H,6,9-12,17H2,1-2H3/t14-,15-/m1/s1. The van der Waals surface area contributed by atoms with Gasteiger partial charge >= 0.3 is 0 Å². The van der Waals surface area contributed by atoms with E-state index in [0.29, 0.717) is 12.5 Å². The summed E-state index contributed by atoms with van der Waals surface area (Å²) < 4.78 is 0. The highest BCUT2D eigenvalue weighted by Gasteiger charge is 2.27. The SMILES string of the molecule is CN(C)[C@@H]1CCCN(C(=O)[C@H](N)Cc2ccccc2)C1. The van der Waals surface area contributed by atoms with Gasteiger partial charge in [-0.2, -0.15) is 0 Å². The number of nitrogens with two attached hydrogens (primary N) is 1. The fourth-order valence-electron chi connectivity index (χ4n) is 2.77. The molecule has 0 unspecified atom stereocenters. The van der Waals surface area contributed by atoms with E-state index in [1.165, 1.54) is 0 Å². The normalized spacial score (nSPS) is 21.0. The molecule has 1 heterocycles. The van der Waals surface area contributed by atoms with Gasteiger partial charge in [0, 0.05) is 19.1 Å². The first-order valence-electron chi connectivity index (χ1n) is 7.32. The number of nitrogens with zero attached hydrogens (tertiary/aromatic N) is 2. The van der Waals surface area contributed by atoms with Gasteiger partial charge in [-0.05, 0) is 38.9 Å². The van der Waals surface area contributed by atoms with Gasteiger partial charge in [-0.15, -0.1) is 0 Å². The minimum Gasteiger partial charge on any atom is -0.340 e. The third-order valence-corrected chi connectivity index (χ3v) is 4.05. The van der Waals surface area contributed by atoms with Crippen molar-refractivity contribution in [2.75, 3.05) is 27.2 Å². The van der Waals surface area contributed by atoms with Gasteiger partial charge in [0.05, 0.1) is 6.04 Å². The number of amides is 1. The van der Waals surface area contributed by atoms with Gasteiger partial charge in [0.2, 0.25) is 5.91 Å². The van der Waals surface area contributed by atoms with E-state index in [1.807, 2.05) is 35.2 Å². The first-order valence-corrected chi connectivity index (χ1v) is 7.32. The molecule has 4 nitrogen and oxygen atoms in total. The second-order valence-electron chi connectivity index (χ2n) is 5.84. The molecule has 2 atom stereocenters. The van der Waals surface area contributed by atoms with E-state index < -0.39 is 6.04 Å². The molecule has 0 aromatic heterocycles. The van der Waals surface area contributed by atoms with Gasteiger partial charge in [-0.25, -0.2) is 0 Å². The Balaban J connectivity index is 1.93. The second kappa shape index (κ2) is 6.86. The summed E-state index contributed by atoms with van der Waals surface area (Å²) in [7, 11) is 4.14. The Morgan fingerprint density at radius 2 is 2.10 bits per heavy atom. The zero-order valence-corrected chi connectivity index (χ0v) is 12.5. The summed E-state index contributed by atoms with van der Waals surface area (Å²) in [6, 6.07) is 10.0. The number of hydrogen-bond donors (Lipinski definition) is 1. The van der Waals surface area contributed by atoms with Crippen molar-refractivity contribution in [3.8, 4) is 0 Å². The molecule has 1 aromatic rings. The van der Waals surface area contributed by atoms with Crippen molar-refractivity contribution in [3.05, 3.63) is 35.9 Å². The van der Waals surface area contributed by atoms with Gasteiger partial charge in [-0.1, -0.05) is 30.3 Å². The number of likely N-dealkylation sites (tertiary alicyclic amines) is 1. The van der Waals surface area contributed by atoms with Crippen molar-refractivity contribution in [2.45, 2.75) is 31.3 Å². The molecule has 110 valence electrons. The van der Waals surface area contributed by atoms with Crippen LogP contribution in [0.5, 0.6) is 0 Å². The molecule has 1 aliphatic rings. The summed E-state index contributed by atoms with van der Waals surface area (Å²) >= 11 is 0. The summed E-state index contributed by atoms with van der Waals surface area (Å²) in [5.41, 5.74) is 7.22. The summed E-state index contributed by atoms with van der Waals surface area (Å²) in [6.45, 7) is 1.64. The van der Waals surface area contributed by atoms with E-state index in [1.54, 1.807) is 0 Å². The largest absolute Gasteiger partial charge is 0.340 e. The number of carbonyl (C=O) groups is 1. The highest BCUT2D eigenvalue weighted by atomic mass is 16.2. The zero-order chi connectivity index (χ0) is 14.5. The minimum atomic E-state index is -0.432. The van der Waals surface area contributed by atoms with Crippen molar-refractivity contribution < 1.29 is 4.79 Å². The molecular weight excluding hydrogens is 250 g/mol. The molecule has 0 spiro atoms. The van der Waals surface area contributed by atoms with Crippen molar-refractivity contribution >= 4 is 5.91 Å². The Morgan fingerprint density at radius 1 is 1.40 bits per heavy atom. The van der Waals surface area contributed by atoms with Gasteiger partial charge in [0.15, 0.2) is 0 Å². The van der Waals surface area contributed by atoms with Crippen LogP contribution in [-0.4, -0.2) is 55.0 Å². The monoisotopic (exact) mass is 275 g/mol. The lowest BCUT2D eigenvalue weighted by molar-refractivity contribution is -0.134. The number of piperidine rings is 1. The highest BCUT2D eigenvalue weighted by molar-refractivity contribution is 5.82. The number of rotatable bonds is 4. The lowest BCUT2D eigenvalue weighted by Gasteiger charge is -2.37. The molecule has 0 bridgehead atoms. The van der Waals surface area contributed by atoms with Crippen LogP contribution in [-0.2, 0) is 11.2 Å². The smallest absolute Gasteiger partial charge is 0.239 e. The van der Waals surface area contributed by atoms with Crippen LogP contribution < -0.4 is 5.73 Å². The van der Waals surface area contributed by atoms with Gasteiger partial charge in [-0.3, -0.25) is 4.79 Å². The molecule has 1 aromatic carbocycles. The molecule has 2 N–H and O–H groups in total. The average molecular weight is 275 g/mol. The number of hydrogen-bond acceptors (Lipinski definition) is 3. The molecule has 0 aliphatic carbocycles. The van der Waals surface area contributed by atoms with Crippen LogP contribution in [0.3, 0.4) is 0 Å². The Kier molecular flexibility index (Phi) is 5.15. The first-order chi connectivity index (χ1) is 9.58. The van der Waals surface area contributed by atoms with Crippen molar-refractivity contribution in [2.24, 2.45) is 5.73 Å². The zero-order valence-electron chi connectivity index (χ0n) is 12.5. The van der Waals surface area contributed by atoms with E-state index in [2.05, 4.69) is 19.0 Å². The van der Waals surface area contributed by atoms with E-state index in [9.17, 15) is 4.79 Å². The van der Waals surface area contributed by atoms with Crippen LogP contribution in [0.4, 0.5) is 0 Å². The van der Waals surface area contributed by atoms with Crippen LogP contribution in [0.25, 0.3) is 0 Å². The fraction of sp³-hybridized carbons (Fsp3) is 0.562.